The Balaban J connectivity index is 2.37. The summed E-state index contributed by atoms with van der Waals surface area (Å²) in [5, 5.41) is 10.5. The maximum atomic E-state index is 13.1. The highest BCUT2D eigenvalue weighted by Crippen LogP contribution is 2.51. The summed E-state index contributed by atoms with van der Waals surface area (Å²) in [4.78, 5) is 38.9. The van der Waals surface area contributed by atoms with Gasteiger partial charge in [-0.3, -0.25) is 14.4 Å². The molecule has 1 aromatic carbocycles. The number of fused-ring (bicyclic) bond motifs is 1. The third-order valence-electron chi connectivity index (χ3n) is 5.34. The van der Waals surface area contributed by atoms with Gasteiger partial charge in [-0.15, -0.1) is 0 Å². The van der Waals surface area contributed by atoms with Crippen molar-refractivity contribution < 1.29 is 29.0 Å². The molecule has 0 atom stereocenters. The van der Waals surface area contributed by atoms with E-state index in [0.29, 0.717) is 41.5 Å². The van der Waals surface area contributed by atoms with Gasteiger partial charge in [-0.2, -0.15) is 0 Å². The van der Waals surface area contributed by atoms with Crippen molar-refractivity contribution in [3.8, 4) is 0 Å². The van der Waals surface area contributed by atoms with Crippen LogP contribution >= 0.6 is 0 Å². The molecule has 0 aromatic heterocycles. The lowest BCUT2D eigenvalue weighted by molar-refractivity contribution is -0.162. The minimum atomic E-state index is -1.79. The summed E-state index contributed by atoms with van der Waals surface area (Å²) in [6.07, 6.45) is 1.26. The Hall–Kier alpha value is -2.89. The van der Waals surface area contributed by atoms with Gasteiger partial charge in [-0.25, -0.2) is 0 Å². The van der Waals surface area contributed by atoms with E-state index in [0.717, 1.165) is 0 Å². The standard InChI is InChI=1S/C22H24O6/c1-4-27-20(25)22(21(26)28-5-2)13(3)18(14-9-6-7-10-15(14)22)19-16(23)11-8-12-17(19)24/h6-7,9-10,23H,4-5,8,11-12H2,1-3H3. The van der Waals surface area contributed by atoms with Gasteiger partial charge >= 0.3 is 11.9 Å². The molecule has 6 nitrogen and oxygen atoms in total. The van der Waals surface area contributed by atoms with Crippen LogP contribution in [0.15, 0.2) is 41.2 Å². The van der Waals surface area contributed by atoms with Crippen LogP contribution in [0.25, 0.3) is 5.57 Å². The second-order valence-corrected chi connectivity index (χ2v) is 6.83. The Labute approximate surface area is 163 Å². The van der Waals surface area contributed by atoms with Crippen LogP contribution in [0.2, 0.25) is 0 Å². The molecule has 0 aliphatic heterocycles. The molecule has 2 aliphatic rings. The minimum Gasteiger partial charge on any atom is -0.512 e. The maximum Gasteiger partial charge on any atom is 0.332 e. The molecule has 0 bridgehead atoms. The molecular formula is C22H24O6. The number of hydrogen-bond acceptors (Lipinski definition) is 6. The van der Waals surface area contributed by atoms with Crippen molar-refractivity contribution in [2.24, 2.45) is 0 Å². The number of rotatable bonds is 5. The second kappa shape index (κ2) is 7.62. The van der Waals surface area contributed by atoms with E-state index in [4.69, 9.17) is 9.47 Å². The van der Waals surface area contributed by atoms with Gasteiger partial charge in [0.05, 0.1) is 18.8 Å². The summed E-state index contributed by atoms with van der Waals surface area (Å²) in [6, 6.07) is 6.91. The van der Waals surface area contributed by atoms with Crippen LogP contribution in [0.3, 0.4) is 0 Å². The fourth-order valence-corrected chi connectivity index (χ4v) is 4.14. The molecule has 6 heteroatoms. The van der Waals surface area contributed by atoms with E-state index in [2.05, 4.69) is 0 Å². The average molecular weight is 384 g/mol. The SMILES string of the molecule is CCOC(=O)C1(C(=O)OCC)C(C)=C(C2=C(O)CCCC2=O)c2ccccc21. The number of hydrogen-bond donors (Lipinski definition) is 1. The highest BCUT2D eigenvalue weighted by molar-refractivity contribution is 6.21. The van der Waals surface area contributed by atoms with Crippen LogP contribution in [0.5, 0.6) is 0 Å². The number of benzene rings is 1. The molecule has 28 heavy (non-hydrogen) atoms. The third kappa shape index (κ3) is 2.75. The van der Waals surface area contributed by atoms with E-state index < -0.39 is 17.4 Å². The van der Waals surface area contributed by atoms with E-state index >= 15 is 0 Å². The van der Waals surface area contributed by atoms with Crippen LogP contribution in [0.4, 0.5) is 0 Å². The molecule has 1 N–H and O–H groups in total. The van der Waals surface area contributed by atoms with Crippen molar-refractivity contribution in [1.82, 2.24) is 0 Å². The molecule has 0 radical (unpaired) electrons. The first-order chi connectivity index (χ1) is 13.4. The summed E-state index contributed by atoms with van der Waals surface area (Å²) in [7, 11) is 0. The number of carbonyl (C=O) groups is 3. The highest BCUT2D eigenvalue weighted by atomic mass is 16.6. The van der Waals surface area contributed by atoms with E-state index in [-0.39, 0.29) is 30.3 Å². The third-order valence-corrected chi connectivity index (χ3v) is 5.34. The van der Waals surface area contributed by atoms with Crippen molar-refractivity contribution >= 4 is 23.3 Å². The quantitative estimate of drug-likeness (QED) is 0.618. The van der Waals surface area contributed by atoms with Crippen LogP contribution in [0.1, 0.15) is 51.2 Å². The molecule has 2 aliphatic carbocycles. The van der Waals surface area contributed by atoms with Crippen molar-refractivity contribution in [2.75, 3.05) is 13.2 Å². The van der Waals surface area contributed by atoms with Crippen molar-refractivity contribution in [1.29, 1.82) is 0 Å². The number of ketones is 1. The predicted molar refractivity (Wildman–Crippen MR) is 102 cm³/mol. The minimum absolute atomic E-state index is 0.0103. The van der Waals surface area contributed by atoms with Crippen molar-refractivity contribution in [3.63, 3.8) is 0 Å². The van der Waals surface area contributed by atoms with Gasteiger partial charge in [0.1, 0.15) is 5.76 Å². The van der Waals surface area contributed by atoms with Gasteiger partial charge in [0, 0.05) is 12.8 Å². The molecule has 1 aromatic rings. The monoisotopic (exact) mass is 384 g/mol. The van der Waals surface area contributed by atoms with Crippen LogP contribution < -0.4 is 0 Å². The molecule has 0 heterocycles. The summed E-state index contributed by atoms with van der Waals surface area (Å²) in [5.74, 6) is -1.69. The average Bonchev–Trinajstić information content (AvgIpc) is 2.92. The predicted octanol–water partition coefficient (Wildman–Crippen LogP) is 3.40. The Morgan fingerprint density at radius 3 is 2.21 bits per heavy atom. The van der Waals surface area contributed by atoms with Crippen molar-refractivity contribution in [3.05, 3.63) is 52.3 Å². The zero-order valence-corrected chi connectivity index (χ0v) is 16.3. The van der Waals surface area contributed by atoms with Crippen LogP contribution in [-0.4, -0.2) is 36.0 Å². The van der Waals surface area contributed by atoms with Gasteiger partial charge in [-0.1, -0.05) is 24.3 Å². The molecular weight excluding hydrogens is 360 g/mol. The number of Topliss-reactive ketones (excluding diaryl/α,β-unsaturated/α-hetero) is 1. The highest BCUT2D eigenvalue weighted by Gasteiger charge is 2.58. The number of carbonyl (C=O) groups excluding carboxylic acids is 3. The number of allylic oxidation sites excluding steroid dienone is 3. The molecule has 0 saturated heterocycles. The Morgan fingerprint density at radius 1 is 1.04 bits per heavy atom. The van der Waals surface area contributed by atoms with Gasteiger partial charge in [0.15, 0.2) is 5.78 Å². The van der Waals surface area contributed by atoms with E-state index in [1.54, 1.807) is 45.0 Å². The summed E-state index contributed by atoms with van der Waals surface area (Å²) in [6.45, 7) is 5.15. The number of aliphatic hydroxyl groups is 1. The second-order valence-electron chi connectivity index (χ2n) is 6.83. The first-order valence-corrected chi connectivity index (χ1v) is 9.52. The zero-order chi connectivity index (χ0) is 20.5. The van der Waals surface area contributed by atoms with Gasteiger partial charge in [-0.05, 0) is 49.5 Å². The lowest BCUT2D eigenvalue weighted by Gasteiger charge is -2.27. The Morgan fingerprint density at radius 2 is 1.64 bits per heavy atom. The molecule has 0 spiro atoms. The smallest absolute Gasteiger partial charge is 0.332 e. The Kier molecular flexibility index (Phi) is 5.40. The summed E-state index contributed by atoms with van der Waals surface area (Å²) < 4.78 is 10.6. The molecule has 0 unspecified atom stereocenters. The zero-order valence-electron chi connectivity index (χ0n) is 16.3. The molecule has 148 valence electrons. The first-order valence-electron chi connectivity index (χ1n) is 9.52. The van der Waals surface area contributed by atoms with Crippen LogP contribution in [-0.2, 0) is 29.3 Å². The molecule has 0 saturated carbocycles. The normalized spacial score (nSPS) is 18.2. The number of ether oxygens (including phenoxy) is 2. The first kappa shape index (κ1) is 19.9. The summed E-state index contributed by atoms with van der Waals surface area (Å²) in [5.41, 5.74) is 0.159. The molecule has 3 rings (SSSR count). The van der Waals surface area contributed by atoms with Gasteiger partial charge in [0.25, 0.3) is 0 Å². The number of aliphatic hydroxyl groups excluding tert-OH is 1. The lowest BCUT2D eigenvalue weighted by atomic mass is 9.77. The van der Waals surface area contributed by atoms with E-state index in [1.807, 2.05) is 0 Å². The topological polar surface area (TPSA) is 89.9 Å². The molecule has 0 amide bonds. The van der Waals surface area contributed by atoms with Gasteiger partial charge in [0.2, 0.25) is 5.41 Å². The summed E-state index contributed by atoms with van der Waals surface area (Å²) >= 11 is 0. The maximum absolute atomic E-state index is 13.1. The Bertz CT molecular complexity index is 887. The van der Waals surface area contributed by atoms with Crippen molar-refractivity contribution in [2.45, 2.75) is 45.4 Å². The van der Waals surface area contributed by atoms with E-state index in [9.17, 15) is 19.5 Å². The fourth-order valence-electron chi connectivity index (χ4n) is 4.14. The van der Waals surface area contributed by atoms with E-state index in [1.165, 1.54) is 0 Å². The number of esters is 2. The van der Waals surface area contributed by atoms with Gasteiger partial charge < -0.3 is 14.6 Å². The van der Waals surface area contributed by atoms with Crippen LogP contribution in [0, 0.1) is 0 Å². The fraction of sp³-hybridized carbons (Fsp3) is 0.409. The lowest BCUT2D eigenvalue weighted by Crippen LogP contribution is -2.46. The largest absolute Gasteiger partial charge is 0.512 e. The molecule has 0 fully saturated rings.